The van der Waals surface area contributed by atoms with E-state index in [-0.39, 0.29) is 0 Å². The molecule has 0 aromatic carbocycles. The van der Waals surface area contributed by atoms with Crippen LogP contribution in [0.2, 0.25) is 0 Å². The van der Waals surface area contributed by atoms with Crippen molar-refractivity contribution >= 4 is 0 Å². The first-order valence-electron chi connectivity index (χ1n) is 4.94. The topological polar surface area (TPSA) is 93.4 Å². The molecule has 3 aromatic heterocycles. The maximum absolute atomic E-state index is 5.14. The predicted octanol–water partition coefficient (Wildman–Crippen LogP) is 1.23. The number of aryl methyl sites for hydroxylation is 1. The first-order chi connectivity index (χ1) is 8.33. The SMILES string of the molecule is Cc1cncc(-c2nc(-c3ncn[nH]3)no2)c1. The predicted molar refractivity (Wildman–Crippen MR) is 57.6 cm³/mol. The molecular formula is C10H8N6O. The van der Waals surface area contributed by atoms with E-state index in [1.54, 1.807) is 12.4 Å². The molecule has 0 aliphatic rings. The summed E-state index contributed by atoms with van der Waals surface area (Å²) in [7, 11) is 0. The van der Waals surface area contributed by atoms with E-state index in [9.17, 15) is 0 Å². The first kappa shape index (κ1) is 9.64. The number of aromatic amines is 1. The van der Waals surface area contributed by atoms with E-state index < -0.39 is 0 Å². The third kappa shape index (κ3) is 1.78. The molecule has 0 aliphatic heterocycles. The highest BCUT2D eigenvalue weighted by molar-refractivity contribution is 5.55. The quantitative estimate of drug-likeness (QED) is 0.708. The highest BCUT2D eigenvalue weighted by Crippen LogP contribution is 2.19. The minimum absolute atomic E-state index is 0.374. The lowest BCUT2D eigenvalue weighted by Crippen LogP contribution is -1.85. The Morgan fingerprint density at radius 3 is 3.00 bits per heavy atom. The molecule has 0 bridgehead atoms. The van der Waals surface area contributed by atoms with Crippen LogP contribution in [0.1, 0.15) is 5.56 Å². The van der Waals surface area contributed by atoms with Gasteiger partial charge in [-0.3, -0.25) is 10.1 Å². The fraction of sp³-hybridized carbons (Fsp3) is 0.100. The number of hydrogen-bond donors (Lipinski definition) is 1. The molecule has 0 saturated carbocycles. The molecule has 0 fully saturated rings. The second-order valence-corrected chi connectivity index (χ2v) is 3.51. The summed E-state index contributed by atoms with van der Waals surface area (Å²) >= 11 is 0. The van der Waals surface area contributed by atoms with Crippen molar-refractivity contribution in [3.05, 3.63) is 30.4 Å². The minimum atomic E-state index is 0.374. The zero-order valence-electron chi connectivity index (χ0n) is 8.95. The molecule has 0 unspecified atom stereocenters. The van der Waals surface area contributed by atoms with E-state index >= 15 is 0 Å². The second-order valence-electron chi connectivity index (χ2n) is 3.51. The van der Waals surface area contributed by atoms with Gasteiger partial charge in [0.25, 0.3) is 5.89 Å². The van der Waals surface area contributed by atoms with E-state index in [1.165, 1.54) is 6.33 Å². The third-order valence-corrected chi connectivity index (χ3v) is 2.17. The van der Waals surface area contributed by atoms with Crippen molar-refractivity contribution in [3.8, 4) is 23.1 Å². The van der Waals surface area contributed by atoms with Crippen LogP contribution >= 0.6 is 0 Å². The van der Waals surface area contributed by atoms with Gasteiger partial charge in [0.05, 0.1) is 5.56 Å². The summed E-state index contributed by atoms with van der Waals surface area (Å²) in [6.07, 6.45) is 4.82. The van der Waals surface area contributed by atoms with E-state index in [4.69, 9.17) is 4.52 Å². The van der Waals surface area contributed by atoms with Crippen LogP contribution in [-0.2, 0) is 0 Å². The maximum Gasteiger partial charge on any atom is 0.259 e. The van der Waals surface area contributed by atoms with Crippen molar-refractivity contribution in [1.82, 2.24) is 30.3 Å². The Morgan fingerprint density at radius 1 is 1.29 bits per heavy atom. The van der Waals surface area contributed by atoms with Crippen molar-refractivity contribution in [2.45, 2.75) is 6.92 Å². The molecule has 3 rings (SSSR count). The molecule has 0 saturated heterocycles. The normalized spacial score (nSPS) is 10.6. The lowest BCUT2D eigenvalue weighted by molar-refractivity contribution is 0.431. The summed E-state index contributed by atoms with van der Waals surface area (Å²) in [5.74, 6) is 1.26. The van der Waals surface area contributed by atoms with Crippen LogP contribution in [0.15, 0.2) is 29.3 Å². The van der Waals surface area contributed by atoms with Crippen LogP contribution in [-0.4, -0.2) is 30.3 Å². The smallest absolute Gasteiger partial charge is 0.259 e. The molecular weight excluding hydrogens is 220 g/mol. The van der Waals surface area contributed by atoms with Gasteiger partial charge in [-0.25, -0.2) is 4.98 Å². The summed E-state index contributed by atoms with van der Waals surface area (Å²) in [6.45, 7) is 1.95. The van der Waals surface area contributed by atoms with E-state index in [2.05, 4.69) is 30.3 Å². The molecule has 3 heterocycles. The Labute approximate surface area is 95.9 Å². The molecule has 0 spiro atoms. The Morgan fingerprint density at radius 2 is 2.24 bits per heavy atom. The summed E-state index contributed by atoms with van der Waals surface area (Å²) < 4.78 is 5.14. The molecule has 0 amide bonds. The van der Waals surface area contributed by atoms with Crippen LogP contribution in [0.25, 0.3) is 23.1 Å². The molecule has 84 valence electrons. The average molecular weight is 228 g/mol. The molecule has 7 nitrogen and oxygen atoms in total. The number of pyridine rings is 1. The van der Waals surface area contributed by atoms with Crippen molar-refractivity contribution in [2.24, 2.45) is 0 Å². The van der Waals surface area contributed by atoms with E-state index in [1.807, 2.05) is 13.0 Å². The van der Waals surface area contributed by atoms with E-state index in [0.29, 0.717) is 17.5 Å². The van der Waals surface area contributed by atoms with Gasteiger partial charge in [0.15, 0.2) is 5.82 Å². The summed E-state index contributed by atoms with van der Waals surface area (Å²) in [5.41, 5.74) is 1.81. The van der Waals surface area contributed by atoms with Gasteiger partial charge in [-0.15, -0.1) is 0 Å². The first-order valence-corrected chi connectivity index (χ1v) is 4.94. The molecule has 3 aromatic rings. The standard InChI is InChI=1S/C10H8N6O/c1-6-2-7(4-11-3-6)10-14-9(16-17-10)8-12-5-13-15-8/h2-5H,1H3,(H,12,13,15). The van der Waals surface area contributed by atoms with Crippen molar-refractivity contribution < 1.29 is 4.52 Å². The summed E-state index contributed by atoms with van der Waals surface area (Å²) in [5, 5.41) is 10.2. The van der Waals surface area contributed by atoms with Gasteiger partial charge in [0, 0.05) is 12.4 Å². The Hall–Kier alpha value is -2.57. The molecule has 1 N–H and O–H groups in total. The van der Waals surface area contributed by atoms with Crippen molar-refractivity contribution in [3.63, 3.8) is 0 Å². The Balaban J connectivity index is 2.01. The maximum atomic E-state index is 5.14. The summed E-state index contributed by atoms with van der Waals surface area (Å²) in [6, 6.07) is 1.92. The average Bonchev–Trinajstić information content (AvgIpc) is 3.00. The molecule has 17 heavy (non-hydrogen) atoms. The second kappa shape index (κ2) is 3.78. The molecule has 0 aliphatic carbocycles. The molecule has 0 radical (unpaired) electrons. The highest BCUT2D eigenvalue weighted by Gasteiger charge is 2.12. The van der Waals surface area contributed by atoms with E-state index in [0.717, 1.165) is 11.1 Å². The Kier molecular flexibility index (Phi) is 2.14. The lowest BCUT2D eigenvalue weighted by atomic mass is 10.2. The molecule has 0 atom stereocenters. The van der Waals surface area contributed by atoms with Gasteiger partial charge < -0.3 is 4.52 Å². The largest absolute Gasteiger partial charge is 0.333 e. The minimum Gasteiger partial charge on any atom is -0.333 e. The number of nitrogens with zero attached hydrogens (tertiary/aromatic N) is 5. The number of rotatable bonds is 2. The Bertz CT molecular complexity index is 630. The number of aromatic nitrogens is 6. The van der Waals surface area contributed by atoms with Crippen molar-refractivity contribution in [2.75, 3.05) is 0 Å². The zero-order valence-corrected chi connectivity index (χ0v) is 8.95. The molecule has 7 heteroatoms. The fourth-order valence-electron chi connectivity index (χ4n) is 1.42. The van der Waals surface area contributed by atoms with Crippen LogP contribution in [0.5, 0.6) is 0 Å². The third-order valence-electron chi connectivity index (χ3n) is 2.17. The fourth-order valence-corrected chi connectivity index (χ4v) is 1.42. The van der Waals surface area contributed by atoms with Gasteiger partial charge in [-0.2, -0.15) is 10.1 Å². The van der Waals surface area contributed by atoms with Crippen LogP contribution < -0.4 is 0 Å². The monoisotopic (exact) mass is 228 g/mol. The number of hydrogen-bond acceptors (Lipinski definition) is 6. The van der Waals surface area contributed by atoms with Gasteiger partial charge in [0.2, 0.25) is 5.82 Å². The summed E-state index contributed by atoms with van der Waals surface area (Å²) in [4.78, 5) is 12.2. The van der Waals surface area contributed by atoms with Gasteiger partial charge in [-0.05, 0) is 18.6 Å². The van der Waals surface area contributed by atoms with Crippen LogP contribution in [0, 0.1) is 6.92 Å². The van der Waals surface area contributed by atoms with Crippen LogP contribution in [0.3, 0.4) is 0 Å². The van der Waals surface area contributed by atoms with Crippen molar-refractivity contribution in [1.29, 1.82) is 0 Å². The lowest BCUT2D eigenvalue weighted by Gasteiger charge is -1.93. The number of nitrogens with one attached hydrogen (secondary N) is 1. The zero-order chi connectivity index (χ0) is 11.7. The van der Waals surface area contributed by atoms with Gasteiger partial charge >= 0.3 is 0 Å². The van der Waals surface area contributed by atoms with Gasteiger partial charge in [0.1, 0.15) is 6.33 Å². The number of H-pyrrole nitrogens is 1. The van der Waals surface area contributed by atoms with Gasteiger partial charge in [-0.1, -0.05) is 5.16 Å². The van der Waals surface area contributed by atoms with Crippen LogP contribution in [0.4, 0.5) is 0 Å². The highest BCUT2D eigenvalue weighted by atomic mass is 16.5.